The molecule has 1 amide bonds. The number of amides is 1. The Bertz CT molecular complexity index is 1060. The van der Waals surface area contributed by atoms with Gasteiger partial charge in [-0.05, 0) is 39.1 Å². The standard InChI is InChI=1S/C17H10N4O4/c18-20-19-17(22)15(10-12-8-9-16(25-12)21(23)24)14-7-3-5-11-4-1-2-6-13(11)14/h1-10H/b15-10+. The Morgan fingerprint density at radius 1 is 1.16 bits per heavy atom. The summed E-state index contributed by atoms with van der Waals surface area (Å²) in [4.78, 5) is 24.9. The first-order valence-corrected chi connectivity index (χ1v) is 7.13. The third kappa shape index (κ3) is 3.24. The molecule has 25 heavy (non-hydrogen) atoms. The van der Waals surface area contributed by atoms with Crippen LogP contribution in [0.25, 0.3) is 32.9 Å². The molecule has 0 aliphatic heterocycles. The number of nitrogens with zero attached hydrogens (tertiary/aromatic N) is 4. The zero-order valence-electron chi connectivity index (χ0n) is 12.7. The van der Waals surface area contributed by atoms with Gasteiger partial charge in [-0.1, -0.05) is 42.5 Å². The van der Waals surface area contributed by atoms with Crippen LogP contribution in [0.3, 0.4) is 0 Å². The first-order valence-electron chi connectivity index (χ1n) is 7.13. The van der Waals surface area contributed by atoms with Crippen LogP contribution in [0.1, 0.15) is 11.3 Å². The largest absolute Gasteiger partial charge is 0.433 e. The zero-order valence-corrected chi connectivity index (χ0v) is 12.7. The van der Waals surface area contributed by atoms with Gasteiger partial charge >= 0.3 is 5.88 Å². The number of carbonyl (C=O) groups is 1. The molecule has 0 bridgehead atoms. The van der Waals surface area contributed by atoms with E-state index >= 15 is 0 Å². The molecule has 0 unspecified atom stereocenters. The van der Waals surface area contributed by atoms with Crippen molar-refractivity contribution in [3.05, 3.63) is 86.5 Å². The van der Waals surface area contributed by atoms with E-state index in [9.17, 15) is 14.9 Å². The van der Waals surface area contributed by atoms with Crippen molar-refractivity contribution in [1.29, 1.82) is 0 Å². The van der Waals surface area contributed by atoms with E-state index < -0.39 is 16.7 Å². The molecule has 122 valence electrons. The molecule has 3 rings (SSSR count). The second-order valence-electron chi connectivity index (χ2n) is 5.01. The maximum atomic E-state index is 12.3. The van der Waals surface area contributed by atoms with Crippen molar-refractivity contribution in [2.75, 3.05) is 0 Å². The maximum absolute atomic E-state index is 12.3. The van der Waals surface area contributed by atoms with Crippen molar-refractivity contribution in [3.8, 4) is 0 Å². The average Bonchev–Trinajstić information content (AvgIpc) is 3.08. The van der Waals surface area contributed by atoms with Crippen molar-refractivity contribution in [3.63, 3.8) is 0 Å². The normalized spacial score (nSPS) is 11.1. The second kappa shape index (κ2) is 6.69. The van der Waals surface area contributed by atoms with Crippen LogP contribution in [0.5, 0.6) is 0 Å². The molecule has 0 aliphatic carbocycles. The quantitative estimate of drug-likeness (QED) is 0.171. The molecule has 8 nitrogen and oxygen atoms in total. The van der Waals surface area contributed by atoms with Crippen molar-refractivity contribution in [1.82, 2.24) is 0 Å². The minimum atomic E-state index is -0.807. The highest BCUT2D eigenvalue weighted by atomic mass is 16.6. The number of fused-ring (bicyclic) bond motifs is 1. The highest BCUT2D eigenvalue weighted by molar-refractivity contribution is 6.27. The van der Waals surface area contributed by atoms with Crippen molar-refractivity contribution < 1.29 is 14.1 Å². The number of nitro groups is 1. The lowest BCUT2D eigenvalue weighted by molar-refractivity contribution is -0.402. The van der Waals surface area contributed by atoms with Gasteiger partial charge in [0, 0.05) is 10.5 Å². The summed E-state index contributed by atoms with van der Waals surface area (Å²) < 4.78 is 5.07. The van der Waals surface area contributed by atoms with Crippen LogP contribution in [0, 0.1) is 10.1 Å². The lowest BCUT2D eigenvalue weighted by Gasteiger charge is -2.08. The molecule has 0 fully saturated rings. The summed E-state index contributed by atoms with van der Waals surface area (Å²) in [5.41, 5.74) is 9.21. The number of azide groups is 1. The molecule has 2 aromatic carbocycles. The molecule has 1 aromatic heterocycles. The molecule has 3 aromatic rings. The number of hydrogen-bond donors (Lipinski definition) is 0. The van der Waals surface area contributed by atoms with Gasteiger partial charge in [-0.2, -0.15) is 0 Å². The van der Waals surface area contributed by atoms with E-state index in [0.717, 1.165) is 10.8 Å². The van der Waals surface area contributed by atoms with E-state index in [1.165, 1.54) is 18.2 Å². The topological polar surface area (TPSA) is 122 Å². The number of hydrogen-bond acceptors (Lipinski definition) is 4. The predicted octanol–water partition coefficient (Wildman–Crippen LogP) is 4.72. The maximum Gasteiger partial charge on any atom is 0.433 e. The van der Waals surface area contributed by atoms with Gasteiger partial charge in [0.15, 0.2) is 0 Å². The predicted molar refractivity (Wildman–Crippen MR) is 91.3 cm³/mol. The number of carbonyl (C=O) groups excluding carboxylic acids is 1. The van der Waals surface area contributed by atoms with Crippen LogP contribution in [0.2, 0.25) is 0 Å². The molecule has 1 heterocycles. The molecular formula is C17H10N4O4. The van der Waals surface area contributed by atoms with Gasteiger partial charge < -0.3 is 4.42 Å². The fraction of sp³-hybridized carbons (Fsp3) is 0. The molecule has 0 N–H and O–H groups in total. The van der Waals surface area contributed by atoms with E-state index in [4.69, 9.17) is 9.95 Å². The SMILES string of the molecule is [N-]=[N+]=NC(=O)/C(=C/c1ccc([N+](=O)[O-])o1)c1cccc2ccccc12. The molecular weight excluding hydrogens is 324 g/mol. The van der Waals surface area contributed by atoms with Crippen LogP contribution >= 0.6 is 0 Å². The molecule has 0 radical (unpaired) electrons. The van der Waals surface area contributed by atoms with Gasteiger partial charge in [0.05, 0.1) is 6.07 Å². The van der Waals surface area contributed by atoms with Crippen LogP contribution in [-0.4, -0.2) is 10.8 Å². The third-order valence-corrected chi connectivity index (χ3v) is 3.52. The summed E-state index contributed by atoms with van der Waals surface area (Å²) >= 11 is 0. The molecule has 0 saturated carbocycles. The van der Waals surface area contributed by atoms with E-state index in [1.807, 2.05) is 30.3 Å². The van der Waals surface area contributed by atoms with Crippen molar-refractivity contribution >= 4 is 34.2 Å². The molecule has 0 aliphatic rings. The third-order valence-electron chi connectivity index (χ3n) is 3.52. The average molecular weight is 334 g/mol. The van der Waals surface area contributed by atoms with Crippen LogP contribution in [-0.2, 0) is 4.79 Å². The van der Waals surface area contributed by atoms with Gasteiger partial charge in [0.25, 0.3) is 0 Å². The summed E-state index contributed by atoms with van der Waals surface area (Å²) in [6, 6.07) is 15.3. The minimum Gasteiger partial charge on any atom is -0.401 e. The summed E-state index contributed by atoms with van der Waals surface area (Å²) in [5, 5.41) is 15.6. The van der Waals surface area contributed by atoms with Crippen molar-refractivity contribution in [2.24, 2.45) is 5.11 Å². The zero-order chi connectivity index (χ0) is 17.8. The summed E-state index contributed by atoms with van der Waals surface area (Å²) in [6.45, 7) is 0. The van der Waals surface area contributed by atoms with Gasteiger partial charge in [-0.15, -0.1) is 0 Å². The highest BCUT2D eigenvalue weighted by Gasteiger charge is 2.16. The Hall–Kier alpha value is -3.90. The van der Waals surface area contributed by atoms with E-state index in [1.54, 1.807) is 12.1 Å². The van der Waals surface area contributed by atoms with Gasteiger partial charge in [0.1, 0.15) is 10.7 Å². The fourth-order valence-corrected chi connectivity index (χ4v) is 2.47. The second-order valence-corrected chi connectivity index (χ2v) is 5.01. The van der Waals surface area contributed by atoms with Gasteiger partial charge in [0.2, 0.25) is 5.91 Å². The molecule has 0 atom stereocenters. The Morgan fingerprint density at radius 3 is 2.64 bits per heavy atom. The Kier molecular flexibility index (Phi) is 4.28. The monoisotopic (exact) mass is 334 g/mol. The Labute approximate surface area is 140 Å². The Balaban J connectivity index is 2.20. The van der Waals surface area contributed by atoms with E-state index in [2.05, 4.69) is 10.0 Å². The Morgan fingerprint density at radius 2 is 1.92 bits per heavy atom. The summed E-state index contributed by atoms with van der Waals surface area (Å²) in [5.74, 6) is -1.14. The first kappa shape index (κ1) is 16.0. The molecule has 0 spiro atoms. The number of benzene rings is 2. The van der Waals surface area contributed by atoms with Crippen molar-refractivity contribution in [2.45, 2.75) is 0 Å². The molecule has 0 saturated heterocycles. The van der Waals surface area contributed by atoms with E-state index in [0.29, 0.717) is 5.56 Å². The van der Waals surface area contributed by atoms with Crippen LogP contribution in [0.4, 0.5) is 5.88 Å². The molecule has 8 heteroatoms. The first-order chi connectivity index (χ1) is 12.1. The van der Waals surface area contributed by atoms with E-state index in [-0.39, 0.29) is 11.3 Å². The number of furan rings is 1. The van der Waals surface area contributed by atoms with Gasteiger partial charge in [-0.3, -0.25) is 14.9 Å². The van der Waals surface area contributed by atoms with Crippen LogP contribution in [0.15, 0.2) is 64.1 Å². The lowest BCUT2D eigenvalue weighted by Crippen LogP contribution is -1.98. The smallest absolute Gasteiger partial charge is 0.401 e. The fourth-order valence-electron chi connectivity index (χ4n) is 2.47. The summed E-state index contributed by atoms with van der Waals surface area (Å²) in [6.07, 6.45) is 1.33. The minimum absolute atomic E-state index is 0.0823. The highest BCUT2D eigenvalue weighted by Crippen LogP contribution is 2.29. The van der Waals surface area contributed by atoms with Crippen LogP contribution < -0.4 is 0 Å². The lowest BCUT2D eigenvalue weighted by atomic mass is 9.97. The van der Waals surface area contributed by atoms with Gasteiger partial charge in [-0.25, -0.2) is 0 Å². The number of rotatable bonds is 4. The summed E-state index contributed by atoms with van der Waals surface area (Å²) in [7, 11) is 0.